The van der Waals surface area contributed by atoms with Gasteiger partial charge in [-0.05, 0) is 51.3 Å². The Hall–Kier alpha value is -1.31. The van der Waals surface area contributed by atoms with E-state index in [-0.39, 0.29) is 11.8 Å². The fourth-order valence-corrected chi connectivity index (χ4v) is 4.55. The quantitative estimate of drug-likeness (QED) is 0.772. The first-order valence-corrected chi connectivity index (χ1v) is 10.6. The van der Waals surface area contributed by atoms with E-state index in [1.807, 2.05) is 20.8 Å². The van der Waals surface area contributed by atoms with E-state index in [2.05, 4.69) is 0 Å². The third kappa shape index (κ3) is 5.86. The standard InChI is InChI=1S/C18H27ClN2O4S/c1-18(2,3)25-17(22)21-10-6-9-16(12-21)20(4)26(23,24)13-14-7-5-8-15(19)11-14/h5,7-8,11,16H,6,9-10,12-13H2,1-4H3. The second-order valence-corrected chi connectivity index (χ2v) is 10.1. The van der Waals surface area contributed by atoms with Gasteiger partial charge in [0.1, 0.15) is 5.60 Å². The van der Waals surface area contributed by atoms with Gasteiger partial charge in [-0.1, -0.05) is 23.7 Å². The zero-order valence-corrected chi connectivity index (χ0v) is 17.3. The summed E-state index contributed by atoms with van der Waals surface area (Å²) < 4.78 is 32.3. The first-order chi connectivity index (χ1) is 12.0. The van der Waals surface area contributed by atoms with Crippen molar-refractivity contribution in [3.8, 4) is 0 Å². The van der Waals surface area contributed by atoms with Crippen LogP contribution in [0.3, 0.4) is 0 Å². The molecule has 1 atom stereocenters. The number of amides is 1. The van der Waals surface area contributed by atoms with E-state index in [0.717, 1.165) is 6.42 Å². The molecular formula is C18H27ClN2O4S. The van der Waals surface area contributed by atoms with Crippen LogP contribution in [0.4, 0.5) is 4.79 Å². The predicted molar refractivity (Wildman–Crippen MR) is 103 cm³/mol. The Morgan fingerprint density at radius 1 is 1.38 bits per heavy atom. The molecule has 1 aliphatic rings. The van der Waals surface area contributed by atoms with E-state index < -0.39 is 21.7 Å². The van der Waals surface area contributed by atoms with Crippen LogP contribution in [0.2, 0.25) is 5.02 Å². The van der Waals surface area contributed by atoms with Gasteiger partial charge in [-0.25, -0.2) is 13.2 Å². The molecule has 26 heavy (non-hydrogen) atoms. The van der Waals surface area contributed by atoms with E-state index in [0.29, 0.717) is 30.1 Å². The number of nitrogens with zero attached hydrogens (tertiary/aromatic N) is 2. The van der Waals surface area contributed by atoms with Gasteiger partial charge in [0.25, 0.3) is 0 Å². The Balaban J connectivity index is 2.05. The van der Waals surface area contributed by atoms with Crippen molar-refractivity contribution < 1.29 is 17.9 Å². The summed E-state index contributed by atoms with van der Waals surface area (Å²) in [6.45, 7) is 6.35. The van der Waals surface area contributed by atoms with Gasteiger partial charge in [0, 0.05) is 31.2 Å². The highest BCUT2D eigenvalue weighted by molar-refractivity contribution is 7.88. The van der Waals surface area contributed by atoms with Gasteiger partial charge in [-0.2, -0.15) is 4.31 Å². The number of likely N-dealkylation sites (N-methyl/N-ethyl adjacent to an activating group) is 1. The van der Waals surface area contributed by atoms with Gasteiger partial charge in [0.15, 0.2) is 0 Å². The molecule has 0 N–H and O–H groups in total. The van der Waals surface area contributed by atoms with Crippen molar-refractivity contribution >= 4 is 27.7 Å². The number of ether oxygens (including phenoxy) is 1. The number of piperidine rings is 1. The molecule has 1 aromatic rings. The van der Waals surface area contributed by atoms with Crippen molar-refractivity contribution in [2.75, 3.05) is 20.1 Å². The highest BCUT2D eigenvalue weighted by Crippen LogP contribution is 2.22. The number of carbonyl (C=O) groups excluding carboxylic acids is 1. The molecule has 1 unspecified atom stereocenters. The first kappa shape index (κ1) is 21.0. The van der Waals surface area contributed by atoms with Crippen LogP contribution in [0.1, 0.15) is 39.2 Å². The van der Waals surface area contributed by atoms with Crippen LogP contribution in [-0.4, -0.2) is 55.5 Å². The minimum absolute atomic E-state index is 0.118. The summed E-state index contributed by atoms with van der Waals surface area (Å²) >= 11 is 5.94. The molecule has 0 bridgehead atoms. The summed E-state index contributed by atoms with van der Waals surface area (Å²) in [7, 11) is -1.95. The smallest absolute Gasteiger partial charge is 0.410 e. The summed E-state index contributed by atoms with van der Waals surface area (Å²) in [6.07, 6.45) is 1.05. The number of sulfonamides is 1. The van der Waals surface area contributed by atoms with Gasteiger partial charge < -0.3 is 9.64 Å². The van der Waals surface area contributed by atoms with Gasteiger partial charge in [-0.3, -0.25) is 0 Å². The Morgan fingerprint density at radius 3 is 2.69 bits per heavy atom. The molecule has 0 spiro atoms. The van der Waals surface area contributed by atoms with E-state index in [4.69, 9.17) is 16.3 Å². The molecule has 1 heterocycles. The van der Waals surface area contributed by atoms with Crippen molar-refractivity contribution in [3.05, 3.63) is 34.9 Å². The van der Waals surface area contributed by atoms with E-state index in [9.17, 15) is 13.2 Å². The molecule has 1 saturated heterocycles. The first-order valence-electron chi connectivity index (χ1n) is 8.66. The molecule has 0 aliphatic carbocycles. The number of hydrogen-bond donors (Lipinski definition) is 0. The van der Waals surface area contributed by atoms with Crippen LogP contribution in [-0.2, 0) is 20.5 Å². The zero-order chi connectivity index (χ0) is 19.5. The predicted octanol–water partition coefficient (Wildman–Crippen LogP) is 3.50. The van der Waals surface area contributed by atoms with Crippen LogP contribution in [0, 0.1) is 0 Å². The van der Waals surface area contributed by atoms with Crippen LogP contribution >= 0.6 is 11.6 Å². The number of benzene rings is 1. The summed E-state index contributed by atoms with van der Waals surface area (Å²) in [6, 6.07) is 6.58. The highest BCUT2D eigenvalue weighted by Gasteiger charge is 2.33. The Kier molecular flexibility index (Phi) is 6.58. The van der Waals surface area contributed by atoms with Gasteiger partial charge >= 0.3 is 6.09 Å². The Labute approximate surface area is 161 Å². The maximum atomic E-state index is 12.8. The Morgan fingerprint density at radius 2 is 2.08 bits per heavy atom. The van der Waals surface area contributed by atoms with E-state index in [1.165, 1.54) is 4.31 Å². The lowest BCUT2D eigenvalue weighted by Crippen LogP contribution is -2.51. The normalized spacial score (nSPS) is 18.8. The number of rotatable bonds is 4. The van der Waals surface area contributed by atoms with Gasteiger partial charge in [0.2, 0.25) is 10.0 Å². The molecule has 146 valence electrons. The molecule has 2 rings (SSSR count). The third-order valence-electron chi connectivity index (χ3n) is 4.24. The second-order valence-electron chi connectivity index (χ2n) is 7.62. The van der Waals surface area contributed by atoms with Crippen molar-refractivity contribution in [3.63, 3.8) is 0 Å². The molecule has 1 fully saturated rings. The molecule has 0 aromatic heterocycles. The largest absolute Gasteiger partial charge is 0.444 e. The highest BCUT2D eigenvalue weighted by atomic mass is 35.5. The SMILES string of the molecule is CN(C1CCCN(C(=O)OC(C)(C)C)C1)S(=O)(=O)Cc1cccc(Cl)c1. The number of likely N-dealkylation sites (tertiary alicyclic amines) is 1. The lowest BCUT2D eigenvalue weighted by molar-refractivity contribution is 0.0163. The third-order valence-corrected chi connectivity index (χ3v) is 6.35. The lowest BCUT2D eigenvalue weighted by atomic mass is 10.1. The fraction of sp³-hybridized carbons (Fsp3) is 0.611. The van der Waals surface area contributed by atoms with Crippen LogP contribution in [0.25, 0.3) is 0 Å². The van der Waals surface area contributed by atoms with Gasteiger partial charge in [0.05, 0.1) is 5.75 Å². The maximum absolute atomic E-state index is 12.8. The summed E-state index contributed by atoms with van der Waals surface area (Å²) in [5, 5.41) is 0.508. The van der Waals surface area contributed by atoms with Crippen molar-refractivity contribution in [2.45, 2.75) is 51.0 Å². The average Bonchev–Trinajstić information content (AvgIpc) is 2.52. The van der Waals surface area contributed by atoms with Crippen molar-refractivity contribution in [1.29, 1.82) is 0 Å². The monoisotopic (exact) mass is 402 g/mol. The van der Waals surface area contributed by atoms with E-state index in [1.54, 1.807) is 36.2 Å². The number of halogens is 1. The molecule has 0 radical (unpaired) electrons. The number of hydrogen-bond acceptors (Lipinski definition) is 4. The molecule has 8 heteroatoms. The average molecular weight is 403 g/mol. The minimum atomic E-state index is -3.52. The molecule has 6 nitrogen and oxygen atoms in total. The fourth-order valence-electron chi connectivity index (χ4n) is 2.91. The van der Waals surface area contributed by atoms with E-state index >= 15 is 0 Å². The van der Waals surface area contributed by atoms with Crippen LogP contribution in [0.5, 0.6) is 0 Å². The second kappa shape index (κ2) is 8.15. The minimum Gasteiger partial charge on any atom is -0.444 e. The van der Waals surface area contributed by atoms with Crippen LogP contribution in [0.15, 0.2) is 24.3 Å². The summed E-state index contributed by atoms with van der Waals surface area (Å²) in [4.78, 5) is 13.9. The topological polar surface area (TPSA) is 66.9 Å². The number of carbonyl (C=O) groups is 1. The molecule has 1 aliphatic heterocycles. The zero-order valence-electron chi connectivity index (χ0n) is 15.7. The van der Waals surface area contributed by atoms with Crippen molar-refractivity contribution in [2.24, 2.45) is 0 Å². The molecule has 1 aromatic carbocycles. The molecule has 1 amide bonds. The molecule has 0 saturated carbocycles. The summed E-state index contributed by atoms with van der Waals surface area (Å²) in [5.41, 5.74) is 0.0679. The maximum Gasteiger partial charge on any atom is 0.410 e. The van der Waals surface area contributed by atoms with Crippen molar-refractivity contribution in [1.82, 2.24) is 9.21 Å². The molecular weight excluding hydrogens is 376 g/mol. The van der Waals surface area contributed by atoms with Crippen LogP contribution < -0.4 is 0 Å². The summed E-state index contributed by atoms with van der Waals surface area (Å²) in [5.74, 6) is -0.118. The lowest BCUT2D eigenvalue weighted by Gasteiger charge is -2.37. The Bertz CT molecular complexity index is 746. The van der Waals surface area contributed by atoms with Gasteiger partial charge in [-0.15, -0.1) is 0 Å².